The first-order valence-electron chi connectivity index (χ1n) is 6.09. The Labute approximate surface area is 105 Å². The van der Waals surface area contributed by atoms with Crippen LogP contribution in [0.25, 0.3) is 0 Å². The van der Waals surface area contributed by atoms with E-state index in [1.54, 1.807) is 31.4 Å². The van der Waals surface area contributed by atoms with Gasteiger partial charge in [-0.3, -0.25) is 9.59 Å². The third-order valence-corrected chi connectivity index (χ3v) is 3.81. The van der Waals surface area contributed by atoms with Gasteiger partial charge in [-0.1, -0.05) is 0 Å². The summed E-state index contributed by atoms with van der Waals surface area (Å²) in [6, 6.07) is 6.86. The number of rotatable bonds is 3. The summed E-state index contributed by atoms with van der Waals surface area (Å²) in [5, 5.41) is 0. The summed E-state index contributed by atoms with van der Waals surface area (Å²) in [4.78, 5) is 23.3. The number of Topliss-reactive ketones (excluding diaryl/α,β-unsaturated/α-hetero) is 1. The van der Waals surface area contributed by atoms with Crippen LogP contribution < -0.4 is 9.47 Å². The molecule has 2 saturated carbocycles. The lowest BCUT2D eigenvalue weighted by Crippen LogP contribution is -2.15. The summed E-state index contributed by atoms with van der Waals surface area (Å²) in [6.07, 6.45) is 1.47. The van der Waals surface area contributed by atoms with E-state index in [4.69, 9.17) is 9.47 Å². The first-order chi connectivity index (χ1) is 8.70. The van der Waals surface area contributed by atoms with Crippen molar-refractivity contribution in [2.24, 2.45) is 17.8 Å². The second kappa shape index (κ2) is 4.12. The van der Waals surface area contributed by atoms with Crippen LogP contribution in [-0.4, -0.2) is 18.9 Å². The molecule has 0 radical (unpaired) electrons. The number of ketones is 1. The van der Waals surface area contributed by atoms with Crippen LogP contribution in [0.5, 0.6) is 11.5 Å². The first kappa shape index (κ1) is 11.3. The van der Waals surface area contributed by atoms with E-state index in [9.17, 15) is 9.59 Å². The van der Waals surface area contributed by atoms with E-state index in [0.717, 1.165) is 6.42 Å². The normalized spacial score (nSPS) is 28.7. The zero-order valence-electron chi connectivity index (χ0n) is 10.1. The maximum atomic E-state index is 11.9. The number of ether oxygens (including phenoxy) is 2. The van der Waals surface area contributed by atoms with Gasteiger partial charge < -0.3 is 9.47 Å². The average Bonchev–Trinajstić information content (AvgIpc) is 3.01. The molecule has 3 atom stereocenters. The highest BCUT2D eigenvalue weighted by atomic mass is 16.5. The molecule has 2 aliphatic carbocycles. The number of benzene rings is 1. The van der Waals surface area contributed by atoms with E-state index in [1.807, 2.05) is 0 Å². The maximum absolute atomic E-state index is 11.9. The molecule has 2 fully saturated rings. The summed E-state index contributed by atoms with van der Waals surface area (Å²) in [7, 11) is 1.58. The van der Waals surface area contributed by atoms with Crippen molar-refractivity contribution in [3.05, 3.63) is 24.3 Å². The second-order valence-corrected chi connectivity index (χ2v) is 4.82. The third-order valence-electron chi connectivity index (χ3n) is 3.81. The molecule has 0 heterocycles. The minimum absolute atomic E-state index is 0.0595. The Hall–Kier alpha value is -1.84. The smallest absolute Gasteiger partial charge is 0.315 e. The van der Waals surface area contributed by atoms with Gasteiger partial charge in [0.1, 0.15) is 17.3 Å². The number of hydrogen-bond donors (Lipinski definition) is 0. The highest BCUT2D eigenvalue weighted by molar-refractivity contribution is 5.95. The fourth-order valence-corrected chi connectivity index (χ4v) is 2.80. The molecule has 0 aliphatic heterocycles. The largest absolute Gasteiger partial charge is 0.497 e. The number of carbonyl (C=O) groups is 2. The Morgan fingerprint density at radius 1 is 1.22 bits per heavy atom. The molecule has 18 heavy (non-hydrogen) atoms. The first-order valence-corrected chi connectivity index (χ1v) is 6.09. The zero-order chi connectivity index (χ0) is 12.7. The standard InChI is InChI=1S/C14H14O4/c1-17-8-2-4-9(5-3-8)18-14(16)13-10-6-7-11(15)12(10)13/h2-5,10,12-13H,6-7H2,1H3/t10-,12-,13+/m0/s1. The van der Waals surface area contributed by atoms with Crippen molar-refractivity contribution >= 4 is 11.8 Å². The van der Waals surface area contributed by atoms with Crippen molar-refractivity contribution in [3.8, 4) is 11.5 Å². The van der Waals surface area contributed by atoms with Gasteiger partial charge in [0.25, 0.3) is 0 Å². The SMILES string of the molecule is COc1ccc(OC(=O)[C@@H]2[C@H]3CCC(=O)[C@H]32)cc1. The molecule has 0 spiro atoms. The van der Waals surface area contributed by atoms with Crippen LogP contribution in [0.1, 0.15) is 12.8 Å². The molecule has 1 aromatic rings. The van der Waals surface area contributed by atoms with E-state index >= 15 is 0 Å². The molecular formula is C14H14O4. The van der Waals surface area contributed by atoms with Crippen molar-refractivity contribution in [1.29, 1.82) is 0 Å². The third kappa shape index (κ3) is 1.78. The summed E-state index contributed by atoms with van der Waals surface area (Å²) < 4.78 is 10.3. The Morgan fingerprint density at radius 2 is 1.89 bits per heavy atom. The molecule has 0 unspecified atom stereocenters. The Bertz CT molecular complexity index is 491. The van der Waals surface area contributed by atoms with Crippen molar-refractivity contribution in [2.75, 3.05) is 7.11 Å². The van der Waals surface area contributed by atoms with E-state index in [2.05, 4.69) is 0 Å². The number of methoxy groups -OCH3 is 1. The Balaban J connectivity index is 1.63. The van der Waals surface area contributed by atoms with E-state index in [-0.39, 0.29) is 29.5 Å². The van der Waals surface area contributed by atoms with Crippen molar-refractivity contribution in [2.45, 2.75) is 12.8 Å². The van der Waals surface area contributed by atoms with Crippen LogP contribution in [0, 0.1) is 17.8 Å². The van der Waals surface area contributed by atoms with Crippen molar-refractivity contribution in [1.82, 2.24) is 0 Å². The zero-order valence-corrected chi connectivity index (χ0v) is 10.1. The molecule has 0 aromatic heterocycles. The highest BCUT2D eigenvalue weighted by Gasteiger charge is 2.62. The van der Waals surface area contributed by atoms with Gasteiger partial charge in [-0.2, -0.15) is 0 Å². The average molecular weight is 246 g/mol. The molecular weight excluding hydrogens is 232 g/mol. The monoisotopic (exact) mass is 246 g/mol. The molecule has 4 nitrogen and oxygen atoms in total. The second-order valence-electron chi connectivity index (χ2n) is 4.82. The van der Waals surface area contributed by atoms with E-state index in [1.165, 1.54) is 0 Å². The van der Waals surface area contributed by atoms with E-state index < -0.39 is 0 Å². The van der Waals surface area contributed by atoms with Gasteiger partial charge in [-0.15, -0.1) is 0 Å². The molecule has 2 aliphatic rings. The Morgan fingerprint density at radius 3 is 2.44 bits per heavy atom. The summed E-state index contributed by atoms with van der Waals surface area (Å²) >= 11 is 0. The van der Waals surface area contributed by atoms with E-state index in [0.29, 0.717) is 17.9 Å². The highest BCUT2D eigenvalue weighted by Crippen LogP contribution is 2.55. The van der Waals surface area contributed by atoms with Gasteiger partial charge in [0.2, 0.25) is 0 Å². The summed E-state index contributed by atoms with van der Waals surface area (Å²) in [6.45, 7) is 0. The maximum Gasteiger partial charge on any atom is 0.315 e. The van der Waals surface area contributed by atoms with Crippen LogP contribution in [0.4, 0.5) is 0 Å². The van der Waals surface area contributed by atoms with Gasteiger partial charge in [0.05, 0.1) is 13.0 Å². The molecule has 0 bridgehead atoms. The summed E-state index contributed by atoms with van der Waals surface area (Å²) in [5.74, 6) is 1.14. The molecule has 0 amide bonds. The van der Waals surface area contributed by atoms with Crippen molar-refractivity contribution < 1.29 is 19.1 Å². The van der Waals surface area contributed by atoms with Crippen LogP contribution in [0.15, 0.2) is 24.3 Å². The fourth-order valence-electron chi connectivity index (χ4n) is 2.80. The molecule has 1 aromatic carbocycles. The molecule has 94 valence electrons. The lowest BCUT2D eigenvalue weighted by atomic mass is 10.1. The lowest BCUT2D eigenvalue weighted by molar-refractivity contribution is -0.138. The van der Waals surface area contributed by atoms with Crippen LogP contribution >= 0.6 is 0 Å². The fraction of sp³-hybridized carbons (Fsp3) is 0.429. The number of esters is 1. The molecule has 4 heteroatoms. The van der Waals surface area contributed by atoms with Crippen LogP contribution in [0.2, 0.25) is 0 Å². The number of carbonyl (C=O) groups excluding carboxylic acids is 2. The van der Waals surface area contributed by atoms with Crippen LogP contribution in [0.3, 0.4) is 0 Å². The molecule has 3 rings (SSSR count). The van der Waals surface area contributed by atoms with Gasteiger partial charge in [-0.25, -0.2) is 0 Å². The minimum Gasteiger partial charge on any atom is -0.497 e. The quantitative estimate of drug-likeness (QED) is 0.603. The topological polar surface area (TPSA) is 52.6 Å². The number of hydrogen-bond acceptors (Lipinski definition) is 4. The lowest BCUT2D eigenvalue weighted by Gasteiger charge is -2.06. The van der Waals surface area contributed by atoms with Gasteiger partial charge >= 0.3 is 5.97 Å². The number of fused-ring (bicyclic) bond motifs is 1. The predicted octanol–water partition coefficient (Wildman–Crippen LogP) is 1.83. The molecule has 0 N–H and O–H groups in total. The van der Waals surface area contributed by atoms with Gasteiger partial charge in [0.15, 0.2) is 0 Å². The summed E-state index contributed by atoms with van der Waals surface area (Å²) in [5.41, 5.74) is 0. The van der Waals surface area contributed by atoms with Gasteiger partial charge in [0, 0.05) is 12.3 Å². The minimum atomic E-state index is -0.275. The predicted molar refractivity (Wildman–Crippen MR) is 63.3 cm³/mol. The van der Waals surface area contributed by atoms with Gasteiger partial charge in [-0.05, 0) is 36.6 Å². The molecule has 0 saturated heterocycles. The van der Waals surface area contributed by atoms with Crippen LogP contribution in [-0.2, 0) is 9.59 Å². The Kier molecular flexibility index (Phi) is 2.58. The van der Waals surface area contributed by atoms with Crippen molar-refractivity contribution in [3.63, 3.8) is 0 Å².